The van der Waals surface area contributed by atoms with Crippen LogP contribution >= 0.6 is 34.4 Å². The number of carbonyl (C=O) groups excluding carboxylic acids is 1. The number of hydrogen-bond donors (Lipinski definition) is 2. The highest BCUT2D eigenvalue weighted by atomic mass is 127. The van der Waals surface area contributed by atoms with Crippen molar-refractivity contribution in [3.63, 3.8) is 0 Å². The minimum absolute atomic E-state index is 0.165. The van der Waals surface area contributed by atoms with Gasteiger partial charge in [0, 0.05) is 7.11 Å². The van der Waals surface area contributed by atoms with E-state index < -0.39 is 30.7 Å². The number of aliphatic hydroxyl groups excluding tert-OH is 2. The fourth-order valence-electron chi connectivity index (χ4n) is 3.09. The van der Waals surface area contributed by atoms with E-state index in [1.54, 1.807) is 20.1 Å². The first-order valence-electron chi connectivity index (χ1n) is 8.46. The Morgan fingerprint density at radius 1 is 1.11 bits per heavy atom. The number of methoxy groups -OCH3 is 3. The lowest BCUT2D eigenvalue weighted by Crippen LogP contribution is -2.59. The van der Waals surface area contributed by atoms with Crippen molar-refractivity contribution >= 4 is 39.5 Å². The predicted octanol–water partition coefficient (Wildman–Crippen LogP) is 1.98. The molecule has 0 bridgehead atoms. The summed E-state index contributed by atoms with van der Waals surface area (Å²) in [6.45, 7) is 3.44. The fraction of sp³-hybridized carbons (Fsp3) is 0.611. The quantitative estimate of drug-likeness (QED) is 0.537. The zero-order valence-corrected chi connectivity index (χ0v) is 19.5. The highest BCUT2D eigenvalue weighted by Gasteiger charge is 2.45. The number of hydrogen-bond acceptors (Lipinski definition) is 9. The van der Waals surface area contributed by atoms with Gasteiger partial charge in [-0.2, -0.15) is 0 Å². The topological polar surface area (TPSA) is 104 Å². The molecule has 28 heavy (non-hydrogen) atoms. The first kappa shape index (κ1) is 23.5. The molecule has 5 atom stereocenters. The number of halogens is 1. The molecule has 8 nitrogen and oxygen atoms in total. The van der Waals surface area contributed by atoms with Gasteiger partial charge in [0.15, 0.2) is 11.5 Å². The Kier molecular flexibility index (Phi) is 8.23. The molecule has 2 rings (SSSR count). The highest BCUT2D eigenvalue weighted by molar-refractivity contribution is 14.1. The Morgan fingerprint density at radius 3 is 2.21 bits per heavy atom. The van der Waals surface area contributed by atoms with E-state index >= 15 is 0 Å². The largest absolute Gasteiger partial charge is 0.492 e. The molecule has 1 aromatic carbocycles. The van der Waals surface area contributed by atoms with Crippen LogP contribution in [0.1, 0.15) is 22.8 Å². The Labute approximate surface area is 182 Å². The van der Waals surface area contributed by atoms with Crippen LogP contribution in [-0.4, -0.2) is 73.6 Å². The smallest absolute Gasteiger partial charge is 0.229 e. The SMILES string of the molecule is COc1c(OC2OC(C)C(O)C(OC)C2O)c(I)c(C)c(C(=O)SC)c1OC. The van der Waals surface area contributed by atoms with Gasteiger partial charge in [-0.3, -0.25) is 4.79 Å². The van der Waals surface area contributed by atoms with E-state index in [2.05, 4.69) is 0 Å². The minimum atomic E-state index is -1.24. The molecular weight excluding hydrogens is 503 g/mol. The molecule has 1 saturated heterocycles. The summed E-state index contributed by atoms with van der Waals surface area (Å²) in [6, 6.07) is 0. The second-order valence-corrected chi connectivity index (χ2v) is 8.07. The lowest BCUT2D eigenvalue weighted by molar-refractivity contribution is -0.273. The lowest BCUT2D eigenvalue weighted by Gasteiger charge is -2.40. The molecule has 0 amide bonds. The van der Waals surface area contributed by atoms with Gasteiger partial charge in [-0.05, 0) is 48.3 Å². The minimum Gasteiger partial charge on any atom is -0.492 e. The van der Waals surface area contributed by atoms with Crippen LogP contribution < -0.4 is 14.2 Å². The third-order valence-electron chi connectivity index (χ3n) is 4.63. The predicted molar refractivity (Wildman–Crippen MR) is 113 cm³/mol. The van der Waals surface area contributed by atoms with Gasteiger partial charge in [0.2, 0.25) is 17.2 Å². The molecule has 1 heterocycles. The summed E-state index contributed by atoms with van der Waals surface area (Å²) >= 11 is 3.12. The number of carbonyl (C=O) groups is 1. The molecule has 0 radical (unpaired) electrons. The summed E-state index contributed by atoms with van der Waals surface area (Å²) in [5.41, 5.74) is 1.06. The van der Waals surface area contributed by atoms with Crippen LogP contribution in [0.4, 0.5) is 0 Å². The van der Waals surface area contributed by atoms with Gasteiger partial charge in [-0.1, -0.05) is 11.8 Å². The van der Waals surface area contributed by atoms with Crippen LogP contribution in [-0.2, 0) is 9.47 Å². The van der Waals surface area contributed by atoms with Crippen molar-refractivity contribution in [1.29, 1.82) is 0 Å². The van der Waals surface area contributed by atoms with Crippen LogP contribution in [0.3, 0.4) is 0 Å². The Bertz CT molecular complexity index is 728. The Hall–Kier alpha value is -0.790. The molecule has 1 fully saturated rings. The van der Waals surface area contributed by atoms with E-state index in [-0.39, 0.29) is 22.4 Å². The van der Waals surface area contributed by atoms with Crippen molar-refractivity contribution in [1.82, 2.24) is 0 Å². The molecule has 0 aliphatic carbocycles. The van der Waals surface area contributed by atoms with Gasteiger partial charge in [-0.15, -0.1) is 0 Å². The van der Waals surface area contributed by atoms with E-state index in [0.717, 1.165) is 11.8 Å². The van der Waals surface area contributed by atoms with Crippen molar-refractivity contribution in [2.24, 2.45) is 0 Å². The number of benzene rings is 1. The molecule has 0 aromatic heterocycles. The van der Waals surface area contributed by atoms with Gasteiger partial charge in [0.05, 0.1) is 29.5 Å². The summed E-state index contributed by atoms with van der Waals surface area (Å²) in [6.07, 6.45) is -3.17. The number of aliphatic hydroxyl groups is 2. The van der Waals surface area contributed by atoms with Gasteiger partial charge in [-0.25, -0.2) is 0 Å². The highest BCUT2D eigenvalue weighted by Crippen LogP contribution is 2.47. The van der Waals surface area contributed by atoms with E-state index in [0.29, 0.717) is 14.7 Å². The second kappa shape index (κ2) is 9.81. The summed E-state index contributed by atoms with van der Waals surface area (Å²) in [5.74, 6) is 0.743. The molecule has 158 valence electrons. The molecule has 1 aliphatic rings. The first-order chi connectivity index (χ1) is 13.2. The molecule has 10 heteroatoms. The van der Waals surface area contributed by atoms with Crippen molar-refractivity contribution in [3.8, 4) is 17.2 Å². The molecular formula is C18H25IO8S. The maximum absolute atomic E-state index is 12.4. The van der Waals surface area contributed by atoms with E-state index in [1.807, 2.05) is 22.6 Å². The van der Waals surface area contributed by atoms with Gasteiger partial charge >= 0.3 is 0 Å². The van der Waals surface area contributed by atoms with Crippen molar-refractivity contribution in [3.05, 3.63) is 14.7 Å². The van der Waals surface area contributed by atoms with E-state index in [1.165, 1.54) is 21.3 Å². The van der Waals surface area contributed by atoms with E-state index in [9.17, 15) is 15.0 Å². The second-order valence-electron chi connectivity index (χ2n) is 6.21. The lowest BCUT2D eigenvalue weighted by atomic mass is 9.99. The average Bonchev–Trinajstić information content (AvgIpc) is 2.68. The van der Waals surface area contributed by atoms with Crippen LogP contribution in [0.25, 0.3) is 0 Å². The van der Waals surface area contributed by atoms with Crippen LogP contribution in [0.5, 0.6) is 17.2 Å². The number of ether oxygens (including phenoxy) is 5. The monoisotopic (exact) mass is 528 g/mol. The molecule has 0 spiro atoms. The Balaban J connectivity index is 2.54. The summed E-state index contributed by atoms with van der Waals surface area (Å²) in [4.78, 5) is 12.4. The first-order valence-corrected chi connectivity index (χ1v) is 10.8. The van der Waals surface area contributed by atoms with Gasteiger partial charge in [0.1, 0.15) is 18.3 Å². The van der Waals surface area contributed by atoms with Crippen LogP contribution in [0, 0.1) is 10.5 Å². The van der Waals surface area contributed by atoms with Crippen LogP contribution in [0.15, 0.2) is 0 Å². The third kappa shape index (κ3) is 4.21. The summed E-state index contributed by atoms with van der Waals surface area (Å²) in [7, 11) is 4.27. The van der Waals surface area contributed by atoms with Crippen molar-refractivity contribution in [2.45, 2.75) is 44.6 Å². The van der Waals surface area contributed by atoms with Crippen molar-refractivity contribution in [2.75, 3.05) is 27.6 Å². The maximum atomic E-state index is 12.4. The molecule has 5 unspecified atom stereocenters. The van der Waals surface area contributed by atoms with Gasteiger partial charge < -0.3 is 33.9 Å². The Morgan fingerprint density at radius 2 is 1.71 bits per heavy atom. The molecule has 1 aliphatic heterocycles. The third-order valence-corrected chi connectivity index (χ3v) is 6.50. The van der Waals surface area contributed by atoms with Crippen molar-refractivity contribution < 1.29 is 38.7 Å². The van der Waals surface area contributed by atoms with Gasteiger partial charge in [0.25, 0.3) is 0 Å². The zero-order valence-electron chi connectivity index (χ0n) is 16.5. The summed E-state index contributed by atoms with van der Waals surface area (Å²) in [5, 5.41) is 20.5. The maximum Gasteiger partial charge on any atom is 0.229 e. The number of rotatable bonds is 6. The fourth-order valence-corrected chi connectivity index (χ4v) is 4.18. The normalized spacial score (nSPS) is 27.4. The zero-order chi connectivity index (χ0) is 21.2. The molecule has 0 saturated carbocycles. The molecule has 2 N–H and O–H groups in total. The number of thioether (sulfide) groups is 1. The summed E-state index contributed by atoms with van der Waals surface area (Å²) < 4.78 is 28.4. The standard InChI is InChI=1S/C18H25IO8S/c1-7-9(17(22)28-6)13(23-3)16(25-5)14(10(7)19)27-18-12(21)15(24-4)11(20)8(2)26-18/h8,11-12,15,18,20-21H,1-6H3. The molecule has 1 aromatic rings. The van der Waals surface area contributed by atoms with Crippen LogP contribution in [0.2, 0.25) is 0 Å². The average molecular weight is 528 g/mol. The van der Waals surface area contributed by atoms with E-state index in [4.69, 9.17) is 23.7 Å².